The number of para-hydroxylation sites is 3. The summed E-state index contributed by atoms with van der Waals surface area (Å²) >= 11 is 0. The molecule has 0 radical (unpaired) electrons. The van der Waals surface area contributed by atoms with Crippen molar-refractivity contribution in [2.24, 2.45) is 0 Å². The van der Waals surface area contributed by atoms with Gasteiger partial charge < -0.3 is 9.80 Å². The summed E-state index contributed by atoms with van der Waals surface area (Å²) in [7, 11) is 0. The highest BCUT2D eigenvalue weighted by Crippen LogP contribution is 2.50. The van der Waals surface area contributed by atoms with Crippen LogP contribution in [0.5, 0.6) is 0 Å². The van der Waals surface area contributed by atoms with E-state index in [1.54, 1.807) is 17.0 Å². The number of piperidine rings is 1. The van der Waals surface area contributed by atoms with Gasteiger partial charge >= 0.3 is 0 Å². The number of nitro groups is 1. The Bertz CT molecular complexity index is 866. The molecule has 2 aromatic rings. The number of benzene rings is 2. The molecule has 0 saturated carbocycles. The summed E-state index contributed by atoms with van der Waals surface area (Å²) in [5.74, 6) is 0. The van der Waals surface area contributed by atoms with Crippen molar-refractivity contribution >= 4 is 17.1 Å². The molecular formula is C19H18N4O2. The molecule has 25 heavy (non-hydrogen) atoms. The SMILES string of the molecule is N#CN1CCC2(CC1)CN(c1ccccc1[N+](=O)[O-])c1ccccc12. The molecule has 1 spiro atoms. The molecule has 2 aliphatic heterocycles. The van der Waals surface area contributed by atoms with Crippen molar-refractivity contribution in [1.82, 2.24) is 4.90 Å². The Morgan fingerprint density at radius 1 is 1.04 bits per heavy atom. The van der Waals surface area contributed by atoms with Crippen LogP contribution in [0.1, 0.15) is 18.4 Å². The van der Waals surface area contributed by atoms with E-state index >= 15 is 0 Å². The lowest BCUT2D eigenvalue weighted by Crippen LogP contribution is -2.43. The van der Waals surface area contributed by atoms with Gasteiger partial charge in [-0.1, -0.05) is 30.3 Å². The highest BCUT2D eigenvalue weighted by Gasteiger charge is 2.45. The van der Waals surface area contributed by atoms with E-state index in [1.807, 2.05) is 30.3 Å². The molecular weight excluding hydrogens is 316 g/mol. The molecule has 2 aromatic carbocycles. The lowest BCUT2D eigenvalue weighted by atomic mass is 9.74. The third kappa shape index (κ3) is 2.40. The highest BCUT2D eigenvalue weighted by molar-refractivity contribution is 5.78. The van der Waals surface area contributed by atoms with Gasteiger partial charge in [0.05, 0.1) is 4.92 Å². The van der Waals surface area contributed by atoms with Crippen molar-refractivity contribution in [1.29, 1.82) is 5.26 Å². The number of hydrogen-bond donors (Lipinski definition) is 0. The zero-order chi connectivity index (χ0) is 17.4. The van der Waals surface area contributed by atoms with Gasteiger partial charge in [-0.05, 0) is 30.5 Å². The Balaban J connectivity index is 1.78. The molecule has 0 amide bonds. The number of hydrogen-bond acceptors (Lipinski definition) is 5. The van der Waals surface area contributed by atoms with Crippen molar-refractivity contribution in [2.75, 3.05) is 24.5 Å². The standard InChI is InChI=1S/C19H18N4O2/c20-14-21-11-9-19(10-12-21)13-22(16-6-2-1-5-15(16)19)17-7-3-4-8-18(17)23(24)25/h1-8H,9-13H2. The molecule has 2 aliphatic rings. The first-order chi connectivity index (χ1) is 12.1. The van der Waals surface area contributed by atoms with Crippen molar-refractivity contribution in [3.8, 4) is 6.19 Å². The number of anilines is 2. The highest BCUT2D eigenvalue weighted by atomic mass is 16.6. The van der Waals surface area contributed by atoms with Gasteiger partial charge in [-0.3, -0.25) is 10.1 Å². The second-order valence-corrected chi connectivity index (χ2v) is 6.72. The summed E-state index contributed by atoms with van der Waals surface area (Å²) < 4.78 is 0. The Kier molecular flexibility index (Phi) is 3.57. The monoisotopic (exact) mass is 334 g/mol. The predicted octanol–water partition coefficient (Wildman–Crippen LogP) is 3.56. The van der Waals surface area contributed by atoms with E-state index in [0.29, 0.717) is 5.69 Å². The summed E-state index contributed by atoms with van der Waals surface area (Å²) in [5, 5.41) is 20.6. The Hall–Kier alpha value is -3.07. The summed E-state index contributed by atoms with van der Waals surface area (Å²) in [6.07, 6.45) is 4.00. The van der Waals surface area contributed by atoms with Crippen LogP contribution in [0.25, 0.3) is 0 Å². The number of nitrogens with zero attached hydrogens (tertiary/aromatic N) is 4. The third-order valence-corrected chi connectivity index (χ3v) is 5.46. The van der Waals surface area contributed by atoms with Crippen LogP contribution in [0.15, 0.2) is 48.5 Å². The molecule has 0 aliphatic carbocycles. The van der Waals surface area contributed by atoms with Gasteiger partial charge in [0, 0.05) is 36.8 Å². The van der Waals surface area contributed by atoms with Crippen LogP contribution in [0, 0.1) is 21.6 Å². The minimum atomic E-state index is -0.318. The third-order valence-electron chi connectivity index (χ3n) is 5.46. The van der Waals surface area contributed by atoms with E-state index in [-0.39, 0.29) is 16.0 Å². The molecule has 126 valence electrons. The van der Waals surface area contributed by atoms with Crippen LogP contribution in [0.2, 0.25) is 0 Å². The van der Waals surface area contributed by atoms with Crippen LogP contribution in [0.4, 0.5) is 17.1 Å². The first-order valence-corrected chi connectivity index (χ1v) is 8.40. The minimum absolute atomic E-state index is 0.0480. The molecule has 1 saturated heterocycles. The van der Waals surface area contributed by atoms with Crippen LogP contribution in [0.3, 0.4) is 0 Å². The topological polar surface area (TPSA) is 73.4 Å². The average molecular weight is 334 g/mol. The molecule has 0 N–H and O–H groups in total. The smallest absolute Gasteiger partial charge is 0.292 e. The summed E-state index contributed by atoms with van der Waals surface area (Å²) in [4.78, 5) is 15.0. The van der Waals surface area contributed by atoms with Crippen LogP contribution < -0.4 is 4.90 Å². The van der Waals surface area contributed by atoms with Crippen LogP contribution in [-0.2, 0) is 5.41 Å². The first kappa shape index (κ1) is 15.5. The Morgan fingerprint density at radius 2 is 1.68 bits per heavy atom. The van der Waals surface area contributed by atoms with Crippen molar-refractivity contribution in [2.45, 2.75) is 18.3 Å². The maximum absolute atomic E-state index is 11.5. The number of nitro benzene ring substituents is 1. The lowest BCUT2D eigenvalue weighted by molar-refractivity contribution is -0.384. The molecule has 1 fully saturated rings. The Labute approximate surface area is 146 Å². The zero-order valence-electron chi connectivity index (χ0n) is 13.8. The average Bonchev–Trinajstić information content (AvgIpc) is 2.97. The number of rotatable bonds is 2. The van der Waals surface area contributed by atoms with Gasteiger partial charge in [-0.25, -0.2) is 0 Å². The van der Waals surface area contributed by atoms with Gasteiger partial charge in [-0.2, -0.15) is 5.26 Å². The van der Waals surface area contributed by atoms with E-state index in [0.717, 1.165) is 38.2 Å². The largest absolute Gasteiger partial charge is 0.335 e. The summed E-state index contributed by atoms with van der Waals surface area (Å²) in [5.41, 5.74) is 3.00. The molecule has 6 nitrogen and oxygen atoms in total. The fraction of sp³-hybridized carbons (Fsp3) is 0.316. The van der Waals surface area contributed by atoms with Gasteiger partial charge in [-0.15, -0.1) is 0 Å². The zero-order valence-corrected chi connectivity index (χ0v) is 13.8. The van der Waals surface area contributed by atoms with E-state index < -0.39 is 0 Å². The molecule has 4 rings (SSSR count). The predicted molar refractivity (Wildman–Crippen MR) is 94.6 cm³/mol. The number of fused-ring (bicyclic) bond motifs is 2. The molecule has 6 heteroatoms. The molecule has 0 unspecified atom stereocenters. The van der Waals surface area contributed by atoms with Gasteiger partial charge in [0.15, 0.2) is 6.19 Å². The van der Waals surface area contributed by atoms with Crippen molar-refractivity contribution < 1.29 is 4.92 Å². The van der Waals surface area contributed by atoms with E-state index in [9.17, 15) is 10.1 Å². The molecule has 0 atom stereocenters. The van der Waals surface area contributed by atoms with Gasteiger partial charge in [0.1, 0.15) is 5.69 Å². The minimum Gasteiger partial charge on any atom is -0.335 e. The maximum Gasteiger partial charge on any atom is 0.292 e. The number of nitriles is 1. The van der Waals surface area contributed by atoms with Crippen LogP contribution >= 0.6 is 0 Å². The van der Waals surface area contributed by atoms with Gasteiger partial charge in [0.25, 0.3) is 5.69 Å². The maximum atomic E-state index is 11.5. The van der Waals surface area contributed by atoms with Crippen molar-refractivity contribution in [3.05, 3.63) is 64.2 Å². The Morgan fingerprint density at radius 3 is 2.36 bits per heavy atom. The second-order valence-electron chi connectivity index (χ2n) is 6.72. The first-order valence-electron chi connectivity index (χ1n) is 8.40. The number of likely N-dealkylation sites (tertiary alicyclic amines) is 1. The van der Waals surface area contributed by atoms with E-state index in [1.165, 1.54) is 5.56 Å². The fourth-order valence-electron chi connectivity index (χ4n) is 4.15. The normalized spacial score (nSPS) is 18.0. The summed E-state index contributed by atoms with van der Waals surface area (Å²) in [6.45, 7) is 2.18. The lowest BCUT2D eigenvalue weighted by Gasteiger charge is -2.37. The molecule has 2 heterocycles. The van der Waals surface area contributed by atoms with E-state index in [4.69, 9.17) is 5.26 Å². The second kappa shape index (κ2) is 5.78. The summed E-state index contributed by atoms with van der Waals surface area (Å²) in [6, 6.07) is 15.1. The van der Waals surface area contributed by atoms with Crippen molar-refractivity contribution in [3.63, 3.8) is 0 Å². The van der Waals surface area contributed by atoms with Crippen LogP contribution in [-0.4, -0.2) is 29.5 Å². The van der Waals surface area contributed by atoms with E-state index in [2.05, 4.69) is 17.2 Å². The molecule has 0 bridgehead atoms. The fourth-order valence-corrected chi connectivity index (χ4v) is 4.15. The molecule has 0 aromatic heterocycles. The van der Waals surface area contributed by atoms with Gasteiger partial charge in [0.2, 0.25) is 0 Å². The quantitative estimate of drug-likeness (QED) is 0.477.